The molecule has 0 aliphatic carbocycles. The normalized spacial score (nSPS) is 15.0. The number of aromatic hydroxyl groups is 1. The molecule has 2 aromatic heterocycles. The number of hydrogen-bond acceptors (Lipinski definition) is 13. The van der Waals surface area contributed by atoms with E-state index in [1.54, 1.807) is 38.1 Å². The molecule has 0 radical (unpaired) electrons. The van der Waals surface area contributed by atoms with E-state index in [1.165, 1.54) is 25.5 Å². The summed E-state index contributed by atoms with van der Waals surface area (Å²) in [5.41, 5.74) is 6.36. The number of aldehydes is 1. The lowest BCUT2D eigenvalue weighted by Crippen LogP contribution is -2.42. The fourth-order valence-corrected chi connectivity index (χ4v) is 5.98. The third-order valence-corrected chi connectivity index (χ3v) is 8.02. The Kier molecular flexibility index (Phi) is 12.8. The maximum atomic E-state index is 14.0. The largest absolute Gasteiger partial charge is 0.491 e. The van der Waals surface area contributed by atoms with Gasteiger partial charge in [-0.2, -0.15) is 15.0 Å². The topological polar surface area (TPSA) is 211 Å². The number of carbonyl (C=O) groups excluding carboxylic acids is 2. The van der Waals surface area contributed by atoms with Gasteiger partial charge in [0.15, 0.2) is 17.0 Å². The number of para-hydroxylation sites is 1. The number of imidazole rings is 1. The molecule has 1 aromatic carbocycles. The average molecular weight is 638 g/mol. The fraction of sp³-hybridized carbons (Fsp3) is 0.519. The zero-order valence-corrected chi connectivity index (χ0v) is 26.2. The van der Waals surface area contributed by atoms with E-state index in [-0.39, 0.29) is 55.5 Å². The van der Waals surface area contributed by atoms with E-state index in [4.69, 9.17) is 29.4 Å². The Balaban J connectivity index is 1.89. The number of benzene rings is 1. The van der Waals surface area contributed by atoms with Crippen molar-refractivity contribution in [2.45, 2.75) is 58.5 Å². The van der Waals surface area contributed by atoms with Gasteiger partial charge in [0.1, 0.15) is 43.7 Å². The van der Waals surface area contributed by atoms with Crippen LogP contribution in [0, 0.1) is 0 Å². The van der Waals surface area contributed by atoms with Gasteiger partial charge in [0.05, 0.1) is 25.3 Å². The van der Waals surface area contributed by atoms with E-state index in [9.17, 15) is 19.3 Å². The van der Waals surface area contributed by atoms with Crippen LogP contribution < -0.4 is 25.4 Å². The Morgan fingerprint density at radius 3 is 2.48 bits per heavy atom. The second-order valence-corrected chi connectivity index (χ2v) is 12.4. The van der Waals surface area contributed by atoms with Crippen LogP contribution in [-0.4, -0.2) is 94.5 Å². The van der Waals surface area contributed by atoms with Crippen LogP contribution in [0.1, 0.15) is 27.7 Å². The van der Waals surface area contributed by atoms with Crippen LogP contribution >= 0.6 is 7.44 Å². The number of ether oxygens (including phenoxy) is 5. The Morgan fingerprint density at radius 2 is 1.82 bits per heavy atom. The lowest BCUT2D eigenvalue weighted by Gasteiger charge is -2.28. The van der Waals surface area contributed by atoms with E-state index in [2.05, 4.69) is 25.1 Å². The zero-order chi connectivity index (χ0) is 32.3. The monoisotopic (exact) mass is 637 g/mol. The number of aromatic nitrogens is 4. The maximum absolute atomic E-state index is 14.0. The van der Waals surface area contributed by atoms with Crippen molar-refractivity contribution in [1.29, 1.82) is 0 Å². The molecule has 0 amide bonds. The molecule has 2 heterocycles. The lowest BCUT2D eigenvalue weighted by atomic mass is 10.3. The third-order valence-electron chi connectivity index (χ3n) is 5.88. The first-order valence-corrected chi connectivity index (χ1v) is 15.8. The molecule has 0 fully saturated rings. The van der Waals surface area contributed by atoms with Crippen molar-refractivity contribution in [3.8, 4) is 17.8 Å². The Morgan fingerprint density at radius 1 is 1.09 bits per heavy atom. The Bertz CT molecular complexity index is 1420. The number of nitrogen functional groups attached to an aromatic ring is 1. The summed E-state index contributed by atoms with van der Waals surface area (Å²) in [5.74, 6) is -0.0990. The third kappa shape index (κ3) is 10.1. The van der Waals surface area contributed by atoms with Gasteiger partial charge in [-0.1, -0.05) is 18.2 Å². The van der Waals surface area contributed by atoms with Crippen LogP contribution in [-0.2, 0) is 34.9 Å². The lowest BCUT2D eigenvalue weighted by molar-refractivity contribution is -0.149. The molecule has 3 rings (SSSR count). The number of rotatable bonds is 19. The van der Waals surface area contributed by atoms with Crippen molar-refractivity contribution >= 4 is 36.7 Å². The molecule has 0 saturated heterocycles. The molecule has 16 nitrogen and oxygen atoms in total. The van der Waals surface area contributed by atoms with Crippen molar-refractivity contribution < 1.29 is 42.9 Å². The van der Waals surface area contributed by atoms with Gasteiger partial charge in [0.25, 0.3) is 6.01 Å². The summed E-state index contributed by atoms with van der Waals surface area (Å²) in [6.45, 7) is 6.70. The molecule has 0 saturated carbocycles. The molecule has 4 atom stereocenters. The van der Waals surface area contributed by atoms with Gasteiger partial charge in [-0.05, 0) is 39.8 Å². The van der Waals surface area contributed by atoms with Gasteiger partial charge in [0, 0.05) is 7.11 Å². The molecule has 44 heavy (non-hydrogen) atoms. The second kappa shape index (κ2) is 16.3. The van der Waals surface area contributed by atoms with E-state index < -0.39 is 44.0 Å². The molecular weight excluding hydrogens is 597 g/mol. The van der Waals surface area contributed by atoms with E-state index in [0.717, 1.165) is 0 Å². The highest BCUT2D eigenvalue weighted by Gasteiger charge is 2.32. The van der Waals surface area contributed by atoms with Crippen LogP contribution in [0.15, 0.2) is 30.3 Å². The first kappa shape index (κ1) is 34.7. The van der Waals surface area contributed by atoms with Gasteiger partial charge in [0.2, 0.25) is 7.44 Å². The summed E-state index contributed by atoms with van der Waals surface area (Å²) in [6, 6.07) is 6.63. The van der Waals surface area contributed by atoms with Gasteiger partial charge >= 0.3 is 12.0 Å². The first-order chi connectivity index (χ1) is 20.9. The van der Waals surface area contributed by atoms with Gasteiger partial charge in [-0.25, -0.2) is 10.2 Å². The SMILES string of the molecule is COCCOc1nc(N)c2nc(O)n(CC(COc3ccccc3)OCP(=O)(NC(C)C=O)NC(C)C(=O)OC(C)C)c2n1. The quantitative estimate of drug-likeness (QED) is 0.0639. The standard InChI is InChI=1S/C27H40N7O9P/c1-17(2)43-25(36)19(4)33-44(38,32-18(3)14-35)16-42-21(15-41-20-9-7-6-8-10-20)13-34-24-22(29-27(34)37)23(28)30-26(31-24)40-12-11-39-5/h6-10,14,17-19,21H,11-13,15-16H2,1-5H3,(H,29,37)(H2,28,30,31)(H2,32,33,38). The highest BCUT2D eigenvalue weighted by molar-refractivity contribution is 7.59. The van der Waals surface area contributed by atoms with Crippen molar-refractivity contribution in [1.82, 2.24) is 29.7 Å². The minimum absolute atomic E-state index is 0.0162. The van der Waals surface area contributed by atoms with Gasteiger partial charge in [-0.15, -0.1) is 0 Å². The van der Waals surface area contributed by atoms with Crippen molar-refractivity contribution in [2.75, 3.05) is 39.0 Å². The zero-order valence-electron chi connectivity index (χ0n) is 25.3. The minimum Gasteiger partial charge on any atom is -0.491 e. The number of carbonyl (C=O) groups is 2. The highest BCUT2D eigenvalue weighted by atomic mass is 31.2. The summed E-state index contributed by atoms with van der Waals surface area (Å²) in [5, 5.41) is 16.2. The molecule has 242 valence electrons. The molecule has 3 aromatic rings. The molecule has 0 bridgehead atoms. The molecule has 0 aliphatic rings. The maximum Gasteiger partial charge on any atom is 0.323 e. The molecule has 4 unspecified atom stereocenters. The number of nitrogens with two attached hydrogens (primary N) is 1. The average Bonchev–Trinajstić information content (AvgIpc) is 3.29. The smallest absolute Gasteiger partial charge is 0.323 e. The van der Waals surface area contributed by atoms with E-state index >= 15 is 0 Å². The van der Waals surface area contributed by atoms with Crippen LogP contribution in [0.5, 0.6) is 17.8 Å². The van der Waals surface area contributed by atoms with E-state index in [0.29, 0.717) is 12.0 Å². The minimum atomic E-state index is -3.75. The summed E-state index contributed by atoms with van der Waals surface area (Å²) in [4.78, 5) is 36.4. The molecule has 17 heteroatoms. The molecule has 5 N–H and O–H groups in total. The number of hydrogen-bond donors (Lipinski definition) is 4. The predicted molar refractivity (Wildman–Crippen MR) is 161 cm³/mol. The van der Waals surface area contributed by atoms with Crippen LogP contribution in [0.25, 0.3) is 11.2 Å². The second-order valence-electron chi connectivity index (χ2n) is 10.1. The molecular formula is C27H40N7O9P. The number of fused-ring (bicyclic) bond motifs is 1. The van der Waals surface area contributed by atoms with Crippen molar-refractivity contribution in [3.05, 3.63) is 30.3 Å². The number of esters is 1. The number of anilines is 1. The van der Waals surface area contributed by atoms with Gasteiger partial charge < -0.3 is 39.3 Å². The molecule has 0 spiro atoms. The van der Waals surface area contributed by atoms with Crippen LogP contribution in [0.2, 0.25) is 0 Å². The number of nitrogens with one attached hydrogen (secondary N) is 2. The highest BCUT2D eigenvalue weighted by Crippen LogP contribution is 2.38. The first-order valence-electron chi connectivity index (χ1n) is 13.9. The Hall–Kier alpha value is -3.82. The number of methoxy groups -OCH3 is 1. The van der Waals surface area contributed by atoms with Crippen LogP contribution in [0.3, 0.4) is 0 Å². The summed E-state index contributed by atoms with van der Waals surface area (Å²) >= 11 is 0. The Labute approximate surface area is 255 Å². The number of nitrogens with zero attached hydrogens (tertiary/aromatic N) is 4. The molecule has 0 aliphatic heterocycles. The summed E-state index contributed by atoms with van der Waals surface area (Å²) < 4.78 is 43.0. The predicted octanol–water partition coefficient (Wildman–Crippen LogP) is 1.86. The summed E-state index contributed by atoms with van der Waals surface area (Å²) in [6.07, 6.45) is -1.14. The summed E-state index contributed by atoms with van der Waals surface area (Å²) in [7, 11) is -2.23. The van der Waals surface area contributed by atoms with Crippen molar-refractivity contribution in [3.63, 3.8) is 0 Å². The fourth-order valence-electron chi connectivity index (χ4n) is 3.88. The van der Waals surface area contributed by atoms with E-state index in [1.807, 2.05) is 6.07 Å². The van der Waals surface area contributed by atoms with Crippen molar-refractivity contribution in [2.24, 2.45) is 0 Å². The van der Waals surface area contributed by atoms with Gasteiger partial charge in [-0.3, -0.25) is 13.9 Å². The van der Waals surface area contributed by atoms with Crippen LogP contribution in [0.4, 0.5) is 5.82 Å².